The Hall–Kier alpha value is -0.810. The molecule has 100 valence electrons. The minimum Gasteiger partial charge on any atom is -0.369 e. The van der Waals surface area contributed by atoms with Gasteiger partial charge in [-0.25, -0.2) is 9.97 Å². The number of likely N-dealkylation sites (tertiary alicyclic amines) is 1. The molecular formula is C13H22N4S. The molecule has 0 unspecified atom stereocenters. The number of rotatable bonds is 4. The molecule has 0 bridgehead atoms. The number of hydrogen-bond acceptors (Lipinski definition) is 5. The minimum absolute atomic E-state index is 0.386. The van der Waals surface area contributed by atoms with Gasteiger partial charge in [0.25, 0.3) is 0 Å². The molecule has 0 atom stereocenters. The maximum absolute atomic E-state index is 4.27. The van der Waals surface area contributed by atoms with Gasteiger partial charge in [0.15, 0.2) is 0 Å². The number of hydrogen-bond donors (Lipinski definition) is 1. The van der Waals surface area contributed by atoms with Crippen LogP contribution in [0.2, 0.25) is 0 Å². The van der Waals surface area contributed by atoms with E-state index in [1.807, 2.05) is 12.3 Å². The molecule has 1 saturated heterocycles. The predicted molar refractivity (Wildman–Crippen MR) is 77.1 cm³/mol. The molecular weight excluding hydrogens is 244 g/mol. The Morgan fingerprint density at radius 1 is 1.39 bits per heavy atom. The first-order chi connectivity index (χ1) is 8.61. The van der Waals surface area contributed by atoms with Crippen LogP contribution in [0, 0.1) is 5.41 Å². The van der Waals surface area contributed by atoms with E-state index in [2.05, 4.69) is 34.2 Å². The average molecular weight is 266 g/mol. The van der Waals surface area contributed by atoms with E-state index in [-0.39, 0.29) is 0 Å². The standard InChI is InChI=1S/C13H22N4S/c1-13(4-6-17(2)7-5-13)9-14-11-8-12(18-3)16-10-15-11/h8,10H,4-7,9H2,1-3H3,(H,14,15,16). The largest absolute Gasteiger partial charge is 0.369 e. The van der Waals surface area contributed by atoms with Gasteiger partial charge in [0.1, 0.15) is 17.2 Å². The molecule has 0 radical (unpaired) electrons. The molecule has 18 heavy (non-hydrogen) atoms. The van der Waals surface area contributed by atoms with E-state index >= 15 is 0 Å². The zero-order valence-electron chi connectivity index (χ0n) is 11.4. The van der Waals surface area contributed by atoms with Gasteiger partial charge >= 0.3 is 0 Å². The van der Waals surface area contributed by atoms with Crippen LogP contribution in [0.4, 0.5) is 5.82 Å². The Kier molecular flexibility index (Phi) is 4.45. The van der Waals surface area contributed by atoms with Gasteiger partial charge in [-0.3, -0.25) is 0 Å². The second kappa shape index (κ2) is 5.89. The summed E-state index contributed by atoms with van der Waals surface area (Å²) in [6.45, 7) is 5.74. The van der Waals surface area contributed by atoms with Crippen molar-refractivity contribution in [2.75, 3.05) is 38.3 Å². The summed E-state index contributed by atoms with van der Waals surface area (Å²) in [5.74, 6) is 0.939. The molecule has 1 N–H and O–H groups in total. The van der Waals surface area contributed by atoms with E-state index in [1.54, 1.807) is 18.1 Å². The Labute approximate surface area is 114 Å². The summed E-state index contributed by atoms with van der Waals surface area (Å²) in [4.78, 5) is 10.9. The van der Waals surface area contributed by atoms with Crippen molar-refractivity contribution in [3.63, 3.8) is 0 Å². The molecule has 0 amide bonds. The maximum atomic E-state index is 4.27. The van der Waals surface area contributed by atoms with Crippen LogP contribution >= 0.6 is 11.8 Å². The topological polar surface area (TPSA) is 41.0 Å². The molecule has 0 aliphatic carbocycles. The highest BCUT2D eigenvalue weighted by Crippen LogP contribution is 2.30. The molecule has 4 nitrogen and oxygen atoms in total. The van der Waals surface area contributed by atoms with E-state index in [0.717, 1.165) is 17.4 Å². The van der Waals surface area contributed by atoms with Gasteiger partial charge in [-0.15, -0.1) is 11.8 Å². The van der Waals surface area contributed by atoms with E-state index < -0.39 is 0 Å². The van der Waals surface area contributed by atoms with Gasteiger partial charge in [-0.05, 0) is 44.6 Å². The van der Waals surface area contributed by atoms with E-state index in [4.69, 9.17) is 0 Å². The van der Waals surface area contributed by atoms with Crippen molar-refractivity contribution >= 4 is 17.6 Å². The highest BCUT2D eigenvalue weighted by molar-refractivity contribution is 7.98. The summed E-state index contributed by atoms with van der Waals surface area (Å²) in [6.07, 6.45) is 6.16. The average Bonchev–Trinajstić information content (AvgIpc) is 2.41. The smallest absolute Gasteiger partial charge is 0.130 e. The normalized spacial score (nSPS) is 19.7. The fourth-order valence-electron chi connectivity index (χ4n) is 2.19. The van der Waals surface area contributed by atoms with Gasteiger partial charge in [0, 0.05) is 12.6 Å². The zero-order chi connectivity index (χ0) is 13.0. The molecule has 2 rings (SSSR count). The summed E-state index contributed by atoms with van der Waals surface area (Å²) in [5, 5.41) is 4.48. The Bertz CT molecular complexity index is 388. The van der Waals surface area contributed by atoms with Crippen molar-refractivity contribution in [3.05, 3.63) is 12.4 Å². The van der Waals surface area contributed by atoms with Crippen molar-refractivity contribution in [2.24, 2.45) is 5.41 Å². The third-order valence-corrected chi connectivity index (χ3v) is 4.38. The Morgan fingerprint density at radius 2 is 2.11 bits per heavy atom. The highest BCUT2D eigenvalue weighted by atomic mass is 32.2. The second-order valence-corrected chi connectivity index (χ2v) is 6.24. The Morgan fingerprint density at radius 3 is 2.78 bits per heavy atom. The molecule has 1 aromatic heterocycles. The SMILES string of the molecule is CSc1cc(NCC2(C)CCN(C)CC2)ncn1. The monoisotopic (exact) mass is 266 g/mol. The van der Waals surface area contributed by atoms with Gasteiger partial charge in [0.2, 0.25) is 0 Å². The van der Waals surface area contributed by atoms with Gasteiger partial charge < -0.3 is 10.2 Å². The van der Waals surface area contributed by atoms with Crippen LogP contribution < -0.4 is 5.32 Å². The molecule has 2 heterocycles. The molecule has 1 aliphatic heterocycles. The third kappa shape index (κ3) is 3.59. The van der Waals surface area contributed by atoms with Crippen molar-refractivity contribution in [1.82, 2.24) is 14.9 Å². The molecule has 0 spiro atoms. The lowest BCUT2D eigenvalue weighted by Gasteiger charge is -2.38. The fraction of sp³-hybridized carbons (Fsp3) is 0.692. The van der Waals surface area contributed by atoms with Crippen molar-refractivity contribution in [2.45, 2.75) is 24.8 Å². The van der Waals surface area contributed by atoms with Crippen LogP contribution in [0.15, 0.2) is 17.4 Å². The highest BCUT2D eigenvalue weighted by Gasteiger charge is 2.28. The number of aromatic nitrogens is 2. The number of piperidine rings is 1. The first-order valence-electron chi connectivity index (χ1n) is 6.40. The van der Waals surface area contributed by atoms with E-state index in [1.165, 1.54) is 25.9 Å². The maximum Gasteiger partial charge on any atom is 0.130 e. The summed E-state index contributed by atoms with van der Waals surface area (Å²) in [5.41, 5.74) is 0.386. The van der Waals surface area contributed by atoms with E-state index in [0.29, 0.717) is 5.41 Å². The summed E-state index contributed by atoms with van der Waals surface area (Å²) in [6, 6.07) is 2.02. The lowest BCUT2D eigenvalue weighted by Crippen LogP contribution is -2.40. The molecule has 0 aromatic carbocycles. The second-order valence-electron chi connectivity index (χ2n) is 5.41. The van der Waals surface area contributed by atoms with Crippen LogP contribution in [-0.4, -0.2) is 47.8 Å². The van der Waals surface area contributed by atoms with Crippen molar-refractivity contribution in [1.29, 1.82) is 0 Å². The number of thioether (sulfide) groups is 1. The van der Waals surface area contributed by atoms with Crippen molar-refractivity contribution in [3.8, 4) is 0 Å². The van der Waals surface area contributed by atoms with Crippen LogP contribution in [-0.2, 0) is 0 Å². The summed E-state index contributed by atoms with van der Waals surface area (Å²) < 4.78 is 0. The van der Waals surface area contributed by atoms with Gasteiger partial charge in [-0.1, -0.05) is 6.92 Å². The van der Waals surface area contributed by atoms with E-state index in [9.17, 15) is 0 Å². The molecule has 1 aliphatic rings. The van der Waals surface area contributed by atoms with Crippen LogP contribution in [0.3, 0.4) is 0 Å². The number of anilines is 1. The van der Waals surface area contributed by atoms with Crippen LogP contribution in [0.1, 0.15) is 19.8 Å². The molecule has 1 fully saturated rings. The van der Waals surface area contributed by atoms with Gasteiger partial charge in [-0.2, -0.15) is 0 Å². The first kappa shape index (κ1) is 13.6. The van der Waals surface area contributed by atoms with Crippen LogP contribution in [0.5, 0.6) is 0 Å². The summed E-state index contributed by atoms with van der Waals surface area (Å²) in [7, 11) is 2.20. The lowest BCUT2D eigenvalue weighted by molar-refractivity contribution is 0.150. The van der Waals surface area contributed by atoms with Crippen molar-refractivity contribution < 1.29 is 0 Å². The predicted octanol–water partition coefficient (Wildman–Crippen LogP) is 2.34. The lowest BCUT2D eigenvalue weighted by atomic mass is 9.80. The Balaban J connectivity index is 1.90. The number of nitrogens with one attached hydrogen (secondary N) is 1. The third-order valence-electron chi connectivity index (χ3n) is 3.74. The molecule has 5 heteroatoms. The number of nitrogens with zero attached hydrogens (tertiary/aromatic N) is 3. The molecule has 1 aromatic rings. The molecule has 0 saturated carbocycles. The fourth-order valence-corrected chi connectivity index (χ4v) is 2.57. The summed E-state index contributed by atoms with van der Waals surface area (Å²) >= 11 is 1.65. The van der Waals surface area contributed by atoms with Gasteiger partial charge in [0.05, 0.1) is 0 Å². The zero-order valence-corrected chi connectivity index (χ0v) is 12.3. The minimum atomic E-state index is 0.386. The quantitative estimate of drug-likeness (QED) is 0.669. The van der Waals surface area contributed by atoms with Crippen LogP contribution in [0.25, 0.3) is 0 Å². The first-order valence-corrected chi connectivity index (χ1v) is 7.62.